The van der Waals surface area contributed by atoms with Crippen LogP contribution in [0.3, 0.4) is 0 Å². The lowest BCUT2D eigenvalue weighted by Crippen LogP contribution is -2.53. The summed E-state index contributed by atoms with van der Waals surface area (Å²) in [4.78, 5) is 16.4. The topological polar surface area (TPSA) is 46.9 Å². The van der Waals surface area contributed by atoms with Crippen molar-refractivity contribution >= 4 is 5.82 Å². The average Bonchev–Trinajstić information content (AvgIpc) is 2.42. The van der Waals surface area contributed by atoms with Crippen LogP contribution in [0.1, 0.15) is 45.4 Å². The van der Waals surface area contributed by atoms with E-state index in [0.29, 0.717) is 17.3 Å². The first-order chi connectivity index (χ1) is 10.1. The SMILES string of the molecule is CC(Nc1nccn(C)c1=O)C12CC3CC(CC(C3)C1)C2. The zero-order valence-corrected chi connectivity index (χ0v) is 13.0. The molecule has 0 aliphatic heterocycles. The lowest BCUT2D eigenvalue weighted by atomic mass is 9.48. The van der Waals surface area contributed by atoms with Crippen molar-refractivity contribution < 1.29 is 0 Å². The summed E-state index contributed by atoms with van der Waals surface area (Å²) in [7, 11) is 1.78. The maximum Gasteiger partial charge on any atom is 0.293 e. The molecule has 1 aromatic heterocycles. The van der Waals surface area contributed by atoms with E-state index in [9.17, 15) is 4.79 Å². The fraction of sp³-hybridized carbons (Fsp3) is 0.765. The van der Waals surface area contributed by atoms with Crippen LogP contribution < -0.4 is 10.9 Å². The van der Waals surface area contributed by atoms with Crippen molar-refractivity contribution in [3.63, 3.8) is 0 Å². The summed E-state index contributed by atoms with van der Waals surface area (Å²) >= 11 is 0. The number of rotatable bonds is 3. The fourth-order valence-corrected chi connectivity index (χ4v) is 5.66. The van der Waals surface area contributed by atoms with E-state index < -0.39 is 0 Å². The van der Waals surface area contributed by atoms with Crippen LogP contribution in [-0.2, 0) is 7.05 Å². The van der Waals surface area contributed by atoms with Crippen molar-refractivity contribution in [2.45, 2.75) is 51.5 Å². The molecular formula is C17H25N3O. The zero-order chi connectivity index (χ0) is 14.6. The lowest BCUT2D eigenvalue weighted by Gasteiger charge is -2.59. The average molecular weight is 287 g/mol. The van der Waals surface area contributed by atoms with Gasteiger partial charge in [-0.05, 0) is 68.6 Å². The monoisotopic (exact) mass is 287 g/mol. The minimum absolute atomic E-state index is 0.0194. The molecule has 114 valence electrons. The highest BCUT2D eigenvalue weighted by Gasteiger charge is 2.53. The number of aryl methyl sites for hydroxylation is 1. The molecule has 4 aliphatic carbocycles. The van der Waals surface area contributed by atoms with Crippen molar-refractivity contribution in [2.75, 3.05) is 5.32 Å². The van der Waals surface area contributed by atoms with Gasteiger partial charge in [0.1, 0.15) is 0 Å². The number of hydrogen-bond acceptors (Lipinski definition) is 3. The Hall–Kier alpha value is -1.32. The Morgan fingerprint density at radius 3 is 2.38 bits per heavy atom. The summed E-state index contributed by atoms with van der Waals surface area (Å²) in [6.07, 6.45) is 11.8. The summed E-state index contributed by atoms with van der Waals surface area (Å²) in [6.45, 7) is 2.27. The standard InChI is InChI=1S/C17H25N3O/c1-11(19-15-16(21)20(2)4-3-18-15)17-8-12-5-13(9-17)7-14(6-12)10-17/h3-4,11-14H,5-10H2,1-2H3,(H,18,19). The number of aromatic nitrogens is 2. The molecule has 4 heteroatoms. The van der Waals surface area contributed by atoms with Crippen LogP contribution in [0, 0.1) is 23.2 Å². The largest absolute Gasteiger partial charge is 0.362 e. The van der Waals surface area contributed by atoms with E-state index in [2.05, 4.69) is 17.2 Å². The first-order valence-corrected chi connectivity index (χ1v) is 8.34. The van der Waals surface area contributed by atoms with Gasteiger partial charge in [-0.15, -0.1) is 0 Å². The smallest absolute Gasteiger partial charge is 0.293 e. The Kier molecular flexibility index (Phi) is 2.92. The molecule has 4 nitrogen and oxygen atoms in total. The maximum atomic E-state index is 12.2. The lowest BCUT2D eigenvalue weighted by molar-refractivity contribution is -0.0603. The third-order valence-electron chi connectivity index (χ3n) is 6.37. The van der Waals surface area contributed by atoms with Gasteiger partial charge in [0.15, 0.2) is 5.82 Å². The van der Waals surface area contributed by atoms with Crippen LogP contribution in [0.4, 0.5) is 5.82 Å². The predicted octanol–water partition coefficient (Wildman–Crippen LogP) is 2.80. The number of nitrogens with zero attached hydrogens (tertiary/aromatic N) is 2. The molecule has 21 heavy (non-hydrogen) atoms. The third kappa shape index (κ3) is 2.11. The van der Waals surface area contributed by atoms with Crippen molar-refractivity contribution in [1.29, 1.82) is 0 Å². The molecule has 4 aliphatic rings. The molecule has 4 saturated carbocycles. The molecule has 1 aromatic rings. The Balaban J connectivity index is 1.59. The normalized spacial score (nSPS) is 38.5. The van der Waals surface area contributed by atoms with Gasteiger partial charge in [0.2, 0.25) is 0 Å². The van der Waals surface area contributed by atoms with Gasteiger partial charge >= 0.3 is 0 Å². The quantitative estimate of drug-likeness (QED) is 0.930. The summed E-state index contributed by atoms with van der Waals surface area (Å²) in [5.74, 6) is 3.33. The zero-order valence-electron chi connectivity index (χ0n) is 13.0. The van der Waals surface area contributed by atoms with Crippen LogP contribution in [0.25, 0.3) is 0 Å². The number of anilines is 1. The minimum Gasteiger partial charge on any atom is -0.362 e. The second-order valence-corrected chi connectivity index (χ2v) is 7.84. The van der Waals surface area contributed by atoms with Gasteiger partial charge in [-0.2, -0.15) is 0 Å². The van der Waals surface area contributed by atoms with Gasteiger partial charge in [0.05, 0.1) is 0 Å². The van der Waals surface area contributed by atoms with E-state index in [1.807, 2.05) is 0 Å². The Bertz CT molecular complexity index is 571. The molecule has 1 heterocycles. The summed E-state index contributed by atoms with van der Waals surface area (Å²) in [5.41, 5.74) is 0.381. The fourth-order valence-electron chi connectivity index (χ4n) is 5.66. The molecule has 1 unspecified atom stereocenters. The number of hydrogen-bond donors (Lipinski definition) is 1. The summed E-state index contributed by atoms with van der Waals surface area (Å²) in [6, 6.07) is 0.341. The van der Waals surface area contributed by atoms with Crippen LogP contribution in [0.2, 0.25) is 0 Å². The Morgan fingerprint density at radius 1 is 1.24 bits per heavy atom. The van der Waals surface area contributed by atoms with Gasteiger partial charge < -0.3 is 9.88 Å². The first-order valence-electron chi connectivity index (χ1n) is 8.34. The molecule has 0 saturated heterocycles. The Morgan fingerprint density at radius 2 is 1.81 bits per heavy atom. The molecule has 4 bridgehead atoms. The summed E-state index contributed by atoms with van der Waals surface area (Å²) < 4.78 is 1.60. The first kappa shape index (κ1) is 13.4. The molecule has 0 radical (unpaired) electrons. The van der Waals surface area contributed by atoms with Gasteiger partial charge in [-0.1, -0.05) is 0 Å². The van der Waals surface area contributed by atoms with Crippen LogP contribution >= 0.6 is 0 Å². The van der Waals surface area contributed by atoms with E-state index in [0.717, 1.165) is 17.8 Å². The molecule has 0 aromatic carbocycles. The Labute approximate surface area is 126 Å². The predicted molar refractivity (Wildman–Crippen MR) is 83.2 cm³/mol. The molecular weight excluding hydrogens is 262 g/mol. The highest BCUT2D eigenvalue weighted by molar-refractivity contribution is 5.33. The summed E-state index contributed by atoms with van der Waals surface area (Å²) in [5, 5.41) is 3.46. The maximum absolute atomic E-state index is 12.2. The van der Waals surface area contributed by atoms with Gasteiger partial charge in [-0.25, -0.2) is 4.98 Å². The van der Waals surface area contributed by atoms with Crippen molar-refractivity contribution in [1.82, 2.24) is 9.55 Å². The van der Waals surface area contributed by atoms with Gasteiger partial charge in [0.25, 0.3) is 5.56 Å². The van der Waals surface area contributed by atoms with Crippen LogP contribution in [0.15, 0.2) is 17.2 Å². The van der Waals surface area contributed by atoms with Crippen LogP contribution in [0.5, 0.6) is 0 Å². The molecule has 5 rings (SSSR count). The molecule has 1 atom stereocenters. The second kappa shape index (κ2) is 4.59. The van der Waals surface area contributed by atoms with Gasteiger partial charge in [-0.3, -0.25) is 4.79 Å². The molecule has 0 spiro atoms. The van der Waals surface area contributed by atoms with E-state index in [1.165, 1.54) is 38.5 Å². The highest BCUT2D eigenvalue weighted by Crippen LogP contribution is 2.61. The molecule has 0 amide bonds. The molecule has 1 N–H and O–H groups in total. The van der Waals surface area contributed by atoms with Crippen LogP contribution in [-0.4, -0.2) is 15.6 Å². The second-order valence-electron chi connectivity index (χ2n) is 7.84. The van der Waals surface area contributed by atoms with Crippen molar-refractivity contribution in [3.8, 4) is 0 Å². The third-order valence-corrected chi connectivity index (χ3v) is 6.37. The van der Waals surface area contributed by atoms with E-state index >= 15 is 0 Å². The number of nitrogens with one attached hydrogen (secondary N) is 1. The minimum atomic E-state index is -0.0194. The van der Waals surface area contributed by atoms with Crippen molar-refractivity contribution in [3.05, 3.63) is 22.7 Å². The van der Waals surface area contributed by atoms with E-state index in [-0.39, 0.29) is 5.56 Å². The van der Waals surface area contributed by atoms with E-state index in [4.69, 9.17) is 0 Å². The van der Waals surface area contributed by atoms with Crippen molar-refractivity contribution in [2.24, 2.45) is 30.2 Å². The van der Waals surface area contributed by atoms with Gasteiger partial charge in [0, 0.05) is 25.5 Å². The molecule has 4 fully saturated rings. The van der Waals surface area contributed by atoms with E-state index in [1.54, 1.807) is 24.0 Å². The highest BCUT2D eigenvalue weighted by atomic mass is 16.1.